The number of nitrogens with zero attached hydrogens (tertiary/aromatic N) is 1. The minimum atomic E-state index is -3.41. The van der Waals surface area contributed by atoms with Crippen LogP contribution in [0.3, 0.4) is 0 Å². The van der Waals surface area contributed by atoms with E-state index in [4.69, 9.17) is 14.2 Å². The van der Waals surface area contributed by atoms with Gasteiger partial charge >= 0.3 is 11.9 Å². The Kier molecular flexibility index (Phi) is 3.77. The average molecular weight is 345 g/mol. The van der Waals surface area contributed by atoms with Gasteiger partial charge in [-0.1, -0.05) is 6.58 Å². The van der Waals surface area contributed by atoms with E-state index in [-0.39, 0.29) is 5.57 Å². The van der Waals surface area contributed by atoms with Crippen LogP contribution in [0.4, 0.5) is 0 Å². The zero-order valence-electron chi connectivity index (χ0n) is 13.1. The molecule has 128 valence electrons. The van der Waals surface area contributed by atoms with Gasteiger partial charge in [0.2, 0.25) is 10.0 Å². The van der Waals surface area contributed by atoms with Gasteiger partial charge in [0.25, 0.3) is 0 Å². The van der Waals surface area contributed by atoms with Crippen molar-refractivity contribution in [3.05, 3.63) is 12.2 Å². The summed E-state index contributed by atoms with van der Waals surface area (Å²) in [4.78, 5) is 23.6. The first-order valence-electron chi connectivity index (χ1n) is 7.34. The monoisotopic (exact) mass is 345 g/mol. The molecule has 0 spiro atoms. The van der Waals surface area contributed by atoms with Crippen molar-refractivity contribution in [1.82, 2.24) is 4.31 Å². The van der Waals surface area contributed by atoms with Crippen LogP contribution in [0, 0.1) is 0 Å². The molecule has 0 amide bonds. The minimum Gasteiger partial charge on any atom is -0.455 e. The first-order chi connectivity index (χ1) is 10.6. The number of ether oxygens (including phenoxy) is 3. The Morgan fingerprint density at radius 3 is 2.65 bits per heavy atom. The summed E-state index contributed by atoms with van der Waals surface area (Å²) in [5.41, 5.74) is 0.178. The van der Waals surface area contributed by atoms with Crippen molar-refractivity contribution in [3.8, 4) is 0 Å². The summed E-state index contributed by atoms with van der Waals surface area (Å²) in [7, 11) is -1.94. The van der Waals surface area contributed by atoms with Crippen LogP contribution >= 0.6 is 0 Å². The molecule has 3 rings (SSSR count). The van der Waals surface area contributed by atoms with Crippen LogP contribution in [-0.2, 0) is 33.8 Å². The predicted molar refractivity (Wildman–Crippen MR) is 77.8 cm³/mol. The molecule has 0 saturated carbocycles. The quantitative estimate of drug-likeness (QED) is 0.504. The van der Waals surface area contributed by atoms with E-state index >= 15 is 0 Å². The lowest BCUT2D eigenvalue weighted by Gasteiger charge is -2.26. The third-order valence-electron chi connectivity index (χ3n) is 4.62. The van der Waals surface area contributed by atoms with Gasteiger partial charge in [-0.25, -0.2) is 18.0 Å². The summed E-state index contributed by atoms with van der Waals surface area (Å²) in [6, 6.07) is -0.517. The van der Waals surface area contributed by atoms with E-state index in [0.717, 1.165) is 0 Å². The maximum Gasteiger partial charge on any atom is 0.347 e. The molecular weight excluding hydrogens is 326 g/mol. The second-order valence-corrected chi connectivity index (χ2v) is 8.41. The maximum atomic E-state index is 12.2. The van der Waals surface area contributed by atoms with Gasteiger partial charge < -0.3 is 14.2 Å². The number of sulfonamides is 1. The van der Waals surface area contributed by atoms with Crippen molar-refractivity contribution in [2.24, 2.45) is 0 Å². The first-order valence-corrected chi connectivity index (χ1v) is 8.84. The smallest absolute Gasteiger partial charge is 0.347 e. The Labute approximate surface area is 134 Å². The molecule has 0 N–H and O–H groups in total. The van der Waals surface area contributed by atoms with E-state index < -0.39 is 57.7 Å². The third-order valence-corrected chi connectivity index (χ3v) is 6.90. The van der Waals surface area contributed by atoms with E-state index in [2.05, 4.69) is 6.58 Å². The zero-order valence-corrected chi connectivity index (χ0v) is 13.9. The number of carbonyl (C=O) groups excluding carboxylic acids is 2. The van der Waals surface area contributed by atoms with Gasteiger partial charge in [0.1, 0.15) is 11.4 Å². The first kappa shape index (κ1) is 16.4. The Morgan fingerprint density at radius 2 is 2.04 bits per heavy atom. The van der Waals surface area contributed by atoms with Crippen LogP contribution in [0.1, 0.15) is 20.3 Å². The van der Waals surface area contributed by atoms with Crippen LogP contribution in [0.15, 0.2) is 12.2 Å². The predicted octanol–water partition coefficient (Wildman–Crippen LogP) is -0.410. The topological polar surface area (TPSA) is 99.2 Å². The van der Waals surface area contributed by atoms with E-state index in [1.807, 2.05) is 0 Å². The fourth-order valence-electron chi connectivity index (χ4n) is 3.40. The van der Waals surface area contributed by atoms with Gasteiger partial charge in [0.05, 0.1) is 18.2 Å². The Balaban J connectivity index is 1.69. The molecule has 2 bridgehead atoms. The van der Waals surface area contributed by atoms with Crippen LogP contribution in [0.25, 0.3) is 0 Å². The fourth-order valence-corrected chi connectivity index (χ4v) is 5.40. The number of rotatable bonds is 4. The summed E-state index contributed by atoms with van der Waals surface area (Å²) in [6.45, 7) is 6.31. The fraction of sp³-hybridized carbons (Fsp3) is 0.714. The van der Waals surface area contributed by atoms with E-state index in [1.54, 1.807) is 0 Å². The standard InChI is InChI=1S/C14H19NO7S/c1-6(2)13(16)20-7(3)14(17)22-11-8-5-9-12(21-8)10(11)15(4)23(9,18)19/h7-12H,1,5H2,2-4H3. The Morgan fingerprint density at radius 1 is 1.39 bits per heavy atom. The lowest BCUT2D eigenvalue weighted by Crippen LogP contribution is -2.47. The highest BCUT2D eigenvalue weighted by Crippen LogP contribution is 2.48. The van der Waals surface area contributed by atoms with Crippen molar-refractivity contribution in [3.63, 3.8) is 0 Å². The number of esters is 2. The molecule has 9 heteroatoms. The van der Waals surface area contributed by atoms with Crippen LogP contribution in [-0.4, -0.2) is 67.4 Å². The van der Waals surface area contributed by atoms with E-state index in [9.17, 15) is 18.0 Å². The highest BCUT2D eigenvalue weighted by molar-refractivity contribution is 7.90. The number of fused-ring (bicyclic) bond motifs is 1. The molecule has 23 heavy (non-hydrogen) atoms. The van der Waals surface area contributed by atoms with Gasteiger partial charge in [-0.3, -0.25) is 0 Å². The summed E-state index contributed by atoms with van der Waals surface area (Å²) >= 11 is 0. The van der Waals surface area contributed by atoms with Crippen molar-refractivity contribution in [2.75, 3.05) is 7.05 Å². The lowest BCUT2D eigenvalue weighted by atomic mass is 9.92. The molecular formula is C14H19NO7S. The number of carbonyl (C=O) groups is 2. The Hall–Kier alpha value is -1.45. The number of hydrogen-bond donors (Lipinski definition) is 0. The molecule has 0 aromatic rings. The highest BCUT2D eigenvalue weighted by atomic mass is 32.2. The molecule has 3 heterocycles. The summed E-state index contributed by atoms with van der Waals surface area (Å²) < 4.78 is 41.7. The van der Waals surface area contributed by atoms with Gasteiger partial charge in [0.15, 0.2) is 6.10 Å². The molecule has 0 aromatic carbocycles. The van der Waals surface area contributed by atoms with E-state index in [0.29, 0.717) is 6.42 Å². The lowest BCUT2D eigenvalue weighted by molar-refractivity contribution is -0.171. The average Bonchev–Trinajstić information content (AvgIpc) is 3.07. The Bertz CT molecular complexity index is 673. The molecule has 0 aliphatic carbocycles. The zero-order chi connectivity index (χ0) is 17.1. The maximum absolute atomic E-state index is 12.2. The molecule has 3 aliphatic heterocycles. The van der Waals surface area contributed by atoms with E-state index in [1.165, 1.54) is 25.2 Å². The van der Waals surface area contributed by atoms with Crippen LogP contribution in [0.2, 0.25) is 0 Å². The van der Waals surface area contributed by atoms with Crippen molar-refractivity contribution in [2.45, 2.75) is 56.0 Å². The SMILES string of the molecule is C=C(C)C(=O)OC(C)C(=O)OC1C2CC3C(O2)C1N(C)S3(=O)=O. The summed E-state index contributed by atoms with van der Waals surface area (Å²) in [6.07, 6.45) is -2.38. The summed E-state index contributed by atoms with van der Waals surface area (Å²) in [5, 5.41) is -0.559. The third kappa shape index (κ3) is 2.38. The highest BCUT2D eigenvalue weighted by Gasteiger charge is 2.68. The molecule has 6 unspecified atom stereocenters. The van der Waals surface area contributed by atoms with Crippen molar-refractivity contribution >= 4 is 22.0 Å². The van der Waals surface area contributed by atoms with Crippen LogP contribution in [0.5, 0.6) is 0 Å². The van der Waals surface area contributed by atoms with Crippen LogP contribution < -0.4 is 0 Å². The second-order valence-electron chi connectivity index (χ2n) is 6.19. The molecule has 6 atom stereocenters. The second kappa shape index (κ2) is 5.29. The molecule has 3 fully saturated rings. The molecule has 3 aliphatic rings. The van der Waals surface area contributed by atoms with Crippen molar-refractivity contribution < 1.29 is 32.2 Å². The molecule has 3 saturated heterocycles. The number of likely N-dealkylation sites (N-methyl/N-ethyl adjacent to an activating group) is 1. The van der Waals surface area contributed by atoms with Gasteiger partial charge in [-0.05, 0) is 20.3 Å². The normalized spacial score (nSPS) is 38.3. The molecule has 0 aromatic heterocycles. The van der Waals surface area contributed by atoms with Gasteiger partial charge in [-0.2, -0.15) is 4.31 Å². The number of hydrogen-bond acceptors (Lipinski definition) is 7. The summed E-state index contributed by atoms with van der Waals surface area (Å²) in [5.74, 6) is -1.41. The van der Waals surface area contributed by atoms with Gasteiger partial charge in [-0.15, -0.1) is 0 Å². The van der Waals surface area contributed by atoms with Gasteiger partial charge in [0, 0.05) is 12.6 Å². The van der Waals surface area contributed by atoms with Crippen molar-refractivity contribution in [1.29, 1.82) is 0 Å². The molecule has 8 nitrogen and oxygen atoms in total. The molecule has 0 radical (unpaired) electrons. The largest absolute Gasteiger partial charge is 0.455 e. The minimum absolute atomic E-state index is 0.178.